The lowest BCUT2D eigenvalue weighted by atomic mass is 9.81. The minimum absolute atomic E-state index is 0.0178. The number of rotatable bonds is 26. The average molecular weight is 981 g/mol. The minimum Gasteiger partial charge on any atom is -0.691 e. The van der Waals surface area contributed by atoms with E-state index >= 15 is 0 Å². The van der Waals surface area contributed by atoms with Crippen LogP contribution in [0.5, 0.6) is 0 Å². The first-order chi connectivity index (χ1) is 31.1. The van der Waals surface area contributed by atoms with Gasteiger partial charge in [-0.1, -0.05) is 54.3 Å². The number of sulfonamides is 1. The summed E-state index contributed by atoms with van der Waals surface area (Å²) in [5.74, 6) is -0.964. The number of nitrogens with zero attached hydrogens (tertiary/aromatic N) is 4. The highest BCUT2D eigenvalue weighted by Gasteiger charge is 2.45. The van der Waals surface area contributed by atoms with Gasteiger partial charge in [-0.3, -0.25) is 14.6 Å². The number of carbonyl (C=O) groups excluding carboxylic acids is 3. The maximum absolute atomic E-state index is 13.8. The Balaban J connectivity index is 1.31. The fourth-order valence-electron chi connectivity index (χ4n) is 7.77. The second-order valence-corrected chi connectivity index (χ2v) is 20.2. The predicted octanol–water partition coefficient (Wildman–Crippen LogP) is 6.57. The molecule has 3 heterocycles. The zero-order chi connectivity index (χ0) is 47.2. The molecule has 2 amide bonds. The Morgan fingerprint density at radius 3 is 2.29 bits per heavy atom. The summed E-state index contributed by atoms with van der Waals surface area (Å²) in [6.07, 6.45) is 14.8. The summed E-state index contributed by atoms with van der Waals surface area (Å²) < 4.78 is 44.7. The highest BCUT2D eigenvalue weighted by molar-refractivity contribution is 7.95. The molecule has 0 spiro atoms. The molecular weight excluding hydrogens is 929 g/mol. The first-order valence-electron chi connectivity index (χ1n) is 20.4. The molecule has 2 N–H and O–H groups in total. The Hall–Kier alpha value is -3.92. The molecule has 0 aromatic heterocycles. The largest absolute Gasteiger partial charge is 0.691 e. The van der Waals surface area contributed by atoms with Crippen molar-refractivity contribution in [3.63, 3.8) is 0 Å². The average Bonchev–Trinajstić information content (AvgIpc) is 3.79. The van der Waals surface area contributed by atoms with E-state index in [2.05, 4.69) is 57.5 Å². The molecule has 19 nitrogen and oxygen atoms in total. The molecule has 0 atom stereocenters. The van der Waals surface area contributed by atoms with Gasteiger partial charge < -0.3 is 15.0 Å². The van der Waals surface area contributed by atoms with E-state index < -0.39 is 38.6 Å². The fraction of sp³-hybridized carbons (Fsp3) is 0.429. The van der Waals surface area contributed by atoms with E-state index in [0.717, 1.165) is 79.2 Å². The van der Waals surface area contributed by atoms with Crippen LogP contribution in [0.4, 0.5) is 11.4 Å². The maximum Gasteiger partial charge on any atom is 0.333 e. The quantitative estimate of drug-likeness (QED) is 0.0193. The smallest absolute Gasteiger partial charge is 0.333 e. The molecular formula is C42H52N4O15S4. The zero-order valence-corrected chi connectivity index (χ0v) is 39.7. The molecule has 2 aromatic carbocycles. The van der Waals surface area contributed by atoms with Crippen molar-refractivity contribution >= 4 is 81.0 Å². The van der Waals surface area contributed by atoms with Crippen LogP contribution in [-0.2, 0) is 68.2 Å². The molecule has 23 heteroatoms. The molecule has 2 aromatic rings. The van der Waals surface area contributed by atoms with Crippen molar-refractivity contribution in [3.05, 3.63) is 95.8 Å². The fourth-order valence-corrected chi connectivity index (χ4v) is 10.1. The van der Waals surface area contributed by atoms with Crippen LogP contribution in [0.3, 0.4) is 0 Å². The molecule has 3 aliphatic heterocycles. The van der Waals surface area contributed by atoms with Crippen LogP contribution >= 0.6 is 36.1 Å². The second-order valence-electron chi connectivity index (χ2n) is 15.8. The lowest BCUT2D eigenvalue weighted by Gasteiger charge is -2.27. The van der Waals surface area contributed by atoms with Crippen LogP contribution in [0, 0.1) is 0 Å². The lowest BCUT2D eigenvalue weighted by Crippen LogP contribution is -2.32. The summed E-state index contributed by atoms with van der Waals surface area (Å²) in [6.45, 7) is 9.44. The Labute approximate surface area is 390 Å². The molecule has 0 aliphatic carbocycles. The number of imide groups is 1. The number of anilines is 1. The van der Waals surface area contributed by atoms with Crippen molar-refractivity contribution in [3.8, 4) is 0 Å². The predicted molar refractivity (Wildman–Crippen MR) is 240 cm³/mol. The SMILES string of the molecule is CN(CCCC(=O)ON1C(=O)CCC1=O)S(=O)(=O)c1ccc2c(c1)C(C)(C)\C(=C/C=C/C=C/C=C/C1=[N+](CCCSOOO)c3ccc(SOOO)cc3C1(C)C)N2CCCSOO[O-]. The van der Waals surface area contributed by atoms with Gasteiger partial charge in [-0.15, -0.1) is 13.7 Å². The summed E-state index contributed by atoms with van der Waals surface area (Å²) in [5, 5.41) is 39.0. The Bertz CT molecular complexity index is 2280. The van der Waals surface area contributed by atoms with Gasteiger partial charge in [0, 0.05) is 121 Å². The van der Waals surface area contributed by atoms with Gasteiger partial charge in [0.15, 0.2) is 5.71 Å². The monoisotopic (exact) mass is 980 g/mol. The zero-order valence-electron chi connectivity index (χ0n) is 36.4. The number of carbonyl (C=O) groups is 3. The first-order valence-corrected chi connectivity index (χ1v) is 24.4. The van der Waals surface area contributed by atoms with E-state index in [0.29, 0.717) is 42.5 Å². The van der Waals surface area contributed by atoms with Gasteiger partial charge in [0.2, 0.25) is 15.7 Å². The van der Waals surface area contributed by atoms with Gasteiger partial charge in [0.25, 0.3) is 11.8 Å². The van der Waals surface area contributed by atoms with E-state index in [1.807, 2.05) is 68.5 Å². The van der Waals surface area contributed by atoms with Gasteiger partial charge in [-0.25, -0.2) is 28.0 Å². The summed E-state index contributed by atoms with van der Waals surface area (Å²) in [6, 6.07) is 10.8. The molecule has 0 saturated carbocycles. The molecule has 65 heavy (non-hydrogen) atoms. The number of hydroxylamine groups is 2. The van der Waals surface area contributed by atoms with Crippen molar-refractivity contribution in [2.75, 3.05) is 43.1 Å². The van der Waals surface area contributed by atoms with Crippen LogP contribution in [0.25, 0.3) is 0 Å². The van der Waals surface area contributed by atoms with E-state index in [4.69, 9.17) is 15.4 Å². The number of benzene rings is 2. The molecule has 1 saturated heterocycles. The number of hydrogen-bond donors (Lipinski definition) is 2. The Morgan fingerprint density at radius 1 is 0.877 bits per heavy atom. The van der Waals surface area contributed by atoms with Crippen LogP contribution < -0.4 is 10.2 Å². The summed E-state index contributed by atoms with van der Waals surface area (Å²) >= 11 is 2.78. The van der Waals surface area contributed by atoms with Gasteiger partial charge in [-0.05, 0) is 68.7 Å². The van der Waals surface area contributed by atoms with E-state index in [1.54, 1.807) is 18.2 Å². The highest BCUT2D eigenvalue weighted by atomic mass is 32.2. The van der Waals surface area contributed by atoms with Crippen molar-refractivity contribution in [2.45, 2.75) is 86.8 Å². The topological polar surface area (TPSA) is 226 Å². The molecule has 0 bridgehead atoms. The van der Waals surface area contributed by atoms with Crippen LogP contribution in [0.1, 0.15) is 77.3 Å². The molecule has 354 valence electrons. The standard InChI is InChI=1S/C42H52N4O15S4/c1-41(2)32-28-30(64-61-58-52)17-19-34(32)44(24-12-26-62-59-56-50)36(41)14-9-7-6-8-10-15-37-42(3,4)33-29-31(18-20-35(33)45(37)25-13-27-63-60-57-51)65(53,54)43(5)23-11-16-40(49)55-46-38(47)21-22-39(46)48/h6-10,14-15,17-20,28-29H,11-13,16,21-27H2,1-5H3,(H2-,50,51,52). The number of fused-ring (bicyclic) bond motifs is 2. The van der Waals surface area contributed by atoms with Crippen molar-refractivity contribution < 1.29 is 76.1 Å². The molecule has 1 fully saturated rings. The third-order valence-corrected chi connectivity index (χ3v) is 14.6. The Kier molecular flexibility index (Phi) is 19.4. The third-order valence-electron chi connectivity index (χ3n) is 11.0. The Morgan fingerprint density at radius 2 is 1.57 bits per heavy atom. The third kappa shape index (κ3) is 13.0. The molecule has 0 radical (unpaired) electrons. The van der Waals surface area contributed by atoms with Crippen molar-refractivity contribution in [1.29, 1.82) is 0 Å². The summed E-state index contributed by atoms with van der Waals surface area (Å²) in [5.41, 5.74) is 4.59. The normalized spacial score (nSPS) is 17.6. The van der Waals surface area contributed by atoms with Gasteiger partial charge >= 0.3 is 5.97 Å². The van der Waals surface area contributed by atoms with Crippen LogP contribution in [0.15, 0.2) is 94.4 Å². The second kappa shape index (κ2) is 24.2. The molecule has 5 rings (SSSR count). The number of hydrogen-bond acceptors (Lipinski definition) is 19. The van der Waals surface area contributed by atoms with E-state index in [-0.39, 0.29) is 37.1 Å². The lowest BCUT2D eigenvalue weighted by molar-refractivity contribution is -0.777. The molecule has 0 unspecified atom stereocenters. The van der Waals surface area contributed by atoms with Crippen molar-refractivity contribution in [2.24, 2.45) is 0 Å². The number of allylic oxidation sites excluding steroid dienone is 8. The van der Waals surface area contributed by atoms with Gasteiger partial charge in [0.1, 0.15) is 6.54 Å². The summed E-state index contributed by atoms with van der Waals surface area (Å²) in [4.78, 5) is 43.7. The molecule has 3 aliphatic rings. The summed E-state index contributed by atoms with van der Waals surface area (Å²) in [7, 11) is -2.58. The van der Waals surface area contributed by atoms with E-state index in [9.17, 15) is 28.1 Å². The first kappa shape index (κ1) is 52.1. The van der Waals surface area contributed by atoms with Gasteiger partial charge in [-0.2, -0.15) is 8.91 Å². The van der Waals surface area contributed by atoms with Crippen LogP contribution in [0.2, 0.25) is 0 Å². The maximum atomic E-state index is 13.8. The van der Waals surface area contributed by atoms with E-state index in [1.165, 1.54) is 7.05 Å². The van der Waals surface area contributed by atoms with Gasteiger partial charge in [0.05, 0.1) is 22.4 Å². The highest BCUT2D eigenvalue weighted by Crippen LogP contribution is 2.49. The minimum atomic E-state index is -4.00. The van der Waals surface area contributed by atoms with Crippen molar-refractivity contribution in [1.82, 2.24) is 9.37 Å². The number of amides is 2. The van der Waals surface area contributed by atoms with Crippen LogP contribution in [-0.4, -0.2) is 94.6 Å².